The van der Waals surface area contributed by atoms with Crippen LogP contribution in [0.1, 0.15) is 133 Å². The van der Waals surface area contributed by atoms with E-state index in [1.54, 1.807) is 37.3 Å². The number of pyridine rings is 1. The molecule has 4 fully saturated rings. The maximum atomic E-state index is 13.6. The number of hydrogen-bond donors (Lipinski definition) is 4. The molecule has 5 heterocycles. The minimum Gasteiger partial charge on any atom is -0.386 e. The molecule has 1 atom stereocenters. The van der Waals surface area contributed by atoms with Gasteiger partial charge in [-0.25, -0.2) is 9.97 Å². The Morgan fingerprint density at radius 2 is 1.70 bits per heavy atom. The third-order valence-electron chi connectivity index (χ3n) is 14.3. The molecule has 338 valence electrons. The normalized spacial score (nSPS) is 23.0. The van der Waals surface area contributed by atoms with E-state index >= 15 is 0 Å². The number of likely N-dealkylation sites (tertiary alicyclic amines) is 1. The van der Waals surface area contributed by atoms with Crippen LogP contribution in [0.5, 0.6) is 0 Å². The lowest BCUT2D eigenvalue weighted by Gasteiger charge is -2.53. The number of piperidine rings is 2. The fourth-order valence-electron chi connectivity index (χ4n) is 10.8. The van der Waals surface area contributed by atoms with Crippen molar-refractivity contribution in [1.82, 2.24) is 25.1 Å². The SMILES string of the molecule is C=C1c2cccc(NCCC3CC4(CCN(CC5CCC(c6nc7cc(C(C)(C)O)c(NC(=O)c8cccc(C(F)(F)F)n8)cc7s6)CC5)CC4)C3)c2C(=O)N1C1CCC(=O)NC1=O. The summed E-state index contributed by atoms with van der Waals surface area (Å²) in [6, 6.07) is 11.6. The highest BCUT2D eigenvalue weighted by Gasteiger charge is 2.46. The lowest BCUT2D eigenvalue weighted by molar-refractivity contribution is -0.141. The van der Waals surface area contributed by atoms with Crippen molar-refractivity contribution in [2.24, 2.45) is 17.3 Å². The minimum atomic E-state index is -4.69. The number of rotatable bonds is 11. The summed E-state index contributed by atoms with van der Waals surface area (Å²) in [5, 5.41) is 20.6. The summed E-state index contributed by atoms with van der Waals surface area (Å²) in [5.41, 5.74) is 1.50. The van der Waals surface area contributed by atoms with Gasteiger partial charge in [0.2, 0.25) is 11.8 Å². The monoisotopic (exact) mass is 897 g/mol. The molecule has 1 unspecified atom stereocenters. The number of aromatic nitrogens is 2. The number of thiazole rings is 1. The highest BCUT2D eigenvalue weighted by atomic mass is 32.1. The summed E-state index contributed by atoms with van der Waals surface area (Å²) in [6.45, 7) is 11.4. The number of anilines is 2. The summed E-state index contributed by atoms with van der Waals surface area (Å²) in [7, 11) is 0. The van der Waals surface area contributed by atoms with Crippen molar-refractivity contribution >= 4 is 62.3 Å². The van der Waals surface area contributed by atoms with Crippen LogP contribution in [-0.4, -0.2) is 80.7 Å². The second-order valence-electron chi connectivity index (χ2n) is 19.2. The standard InChI is InChI=1S/C48H54F3N7O5S/c1-27-31-6-4-7-33(41(31)45(62)58(27)37-14-15-40(59)56-43(37)61)52-19-16-29-24-47(25-29)17-20-57(21-18-47)26-28-10-12-30(13-11-28)44-55-36-22-32(46(2,3)63)35(23-38(36)64-44)54-42(60)34-8-5-9-39(53-34)48(49,50)51/h4-9,22-23,28-30,37,52,63H,1,10-21,24-26H2,2-3H3,(H,54,60)(H,56,59,61). The molecule has 2 saturated heterocycles. The number of aliphatic hydroxyl groups is 1. The molecule has 0 bridgehead atoms. The maximum absolute atomic E-state index is 13.6. The Hall–Kier alpha value is -5.19. The van der Waals surface area contributed by atoms with Crippen LogP contribution in [0.4, 0.5) is 24.5 Å². The number of carbonyl (C=O) groups excluding carboxylic acids is 4. The van der Waals surface area contributed by atoms with Gasteiger partial charge in [-0.3, -0.25) is 29.4 Å². The fourth-order valence-corrected chi connectivity index (χ4v) is 12.0. The number of nitrogens with one attached hydrogen (secondary N) is 3. The number of nitrogens with zero attached hydrogens (tertiary/aromatic N) is 4. The molecule has 64 heavy (non-hydrogen) atoms. The molecular weight excluding hydrogens is 844 g/mol. The number of fused-ring (bicyclic) bond motifs is 2. The molecule has 2 aromatic heterocycles. The highest BCUT2D eigenvalue weighted by Crippen LogP contribution is 2.54. The van der Waals surface area contributed by atoms with E-state index in [1.807, 2.05) is 18.2 Å². The molecule has 3 aliphatic heterocycles. The number of halogens is 3. The van der Waals surface area contributed by atoms with E-state index in [0.29, 0.717) is 51.2 Å². The zero-order valence-corrected chi connectivity index (χ0v) is 37.0. The Labute approximate surface area is 374 Å². The maximum Gasteiger partial charge on any atom is 0.433 e. The van der Waals surface area contributed by atoms with Crippen molar-refractivity contribution in [2.75, 3.05) is 36.8 Å². The first-order chi connectivity index (χ1) is 30.4. The van der Waals surface area contributed by atoms with Crippen LogP contribution in [0, 0.1) is 17.3 Å². The third kappa shape index (κ3) is 8.80. The average molecular weight is 898 g/mol. The Morgan fingerprint density at radius 3 is 2.41 bits per heavy atom. The highest BCUT2D eigenvalue weighted by molar-refractivity contribution is 7.18. The molecule has 1 spiro atoms. The number of hydrogen-bond acceptors (Lipinski definition) is 10. The van der Waals surface area contributed by atoms with Crippen LogP contribution in [0.25, 0.3) is 15.9 Å². The predicted molar refractivity (Wildman–Crippen MR) is 239 cm³/mol. The van der Waals surface area contributed by atoms with Crippen molar-refractivity contribution in [3.63, 3.8) is 0 Å². The first kappa shape index (κ1) is 44.0. The van der Waals surface area contributed by atoms with Gasteiger partial charge in [0.05, 0.1) is 26.4 Å². The summed E-state index contributed by atoms with van der Waals surface area (Å²) in [4.78, 5) is 63.7. The molecule has 2 saturated carbocycles. The van der Waals surface area contributed by atoms with E-state index in [0.717, 1.165) is 91.4 Å². The van der Waals surface area contributed by atoms with E-state index in [-0.39, 0.29) is 30.3 Å². The number of imide groups is 1. The molecule has 12 nitrogen and oxygen atoms in total. The lowest BCUT2D eigenvalue weighted by Crippen LogP contribution is -2.52. The van der Waals surface area contributed by atoms with E-state index in [1.165, 1.54) is 36.6 Å². The molecular formula is C48H54F3N7O5S. The van der Waals surface area contributed by atoms with Gasteiger partial charge >= 0.3 is 6.18 Å². The van der Waals surface area contributed by atoms with Gasteiger partial charge in [0.15, 0.2) is 0 Å². The van der Waals surface area contributed by atoms with Crippen LogP contribution in [0.3, 0.4) is 0 Å². The number of carbonyl (C=O) groups is 4. The van der Waals surface area contributed by atoms with Crippen LogP contribution in [0.15, 0.2) is 55.1 Å². The molecule has 2 aromatic carbocycles. The third-order valence-corrected chi connectivity index (χ3v) is 15.5. The van der Waals surface area contributed by atoms with Gasteiger partial charge in [0, 0.05) is 53.6 Å². The summed E-state index contributed by atoms with van der Waals surface area (Å²) in [5.74, 6) is -0.238. The van der Waals surface area contributed by atoms with Crippen molar-refractivity contribution in [3.05, 3.63) is 88.2 Å². The van der Waals surface area contributed by atoms with Crippen molar-refractivity contribution in [2.45, 2.75) is 108 Å². The van der Waals surface area contributed by atoms with E-state index < -0.39 is 35.3 Å². The Kier molecular flexibility index (Phi) is 11.7. The quantitative estimate of drug-likeness (QED) is 0.108. The summed E-state index contributed by atoms with van der Waals surface area (Å²) >= 11 is 1.56. The molecule has 0 radical (unpaired) electrons. The van der Waals surface area contributed by atoms with Crippen LogP contribution in [0.2, 0.25) is 0 Å². The summed E-state index contributed by atoms with van der Waals surface area (Å²) in [6.07, 6.45) is 6.05. The Balaban J connectivity index is 0.730. The summed E-state index contributed by atoms with van der Waals surface area (Å²) < 4.78 is 40.7. The van der Waals surface area contributed by atoms with Crippen molar-refractivity contribution < 1.29 is 37.5 Å². The molecule has 4 N–H and O–H groups in total. The van der Waals surface area contributed by atoms with Crippen LogP contribution in [-0.2, 0) is 21.4 Å². The van der Waals surface area contributed by atoms with Gasteiger partial charge in [0.1, 0.15) is 17.4 Å². The van der Waals surface area contributed by atoms with Crippen molar-refractivity contribution in [1.29, 1.82) is 0 Å². The molecule has 9 rings (SSSR count). The molecule has 5 aliphatic rings. The first-order valence-electron chi connectivity index (χ1n) is 22.4. The second-order valence-corrected chi connectivity index (χ2v) is 20.2. The van der Waals surface area contributed by atoms with Crippen LogP contribution < -0.4 is 16.0 Å². The van der Waals surface area contributed by atoms with E-state index in [2.05, 4.69) is 32.4 Å². The molecule has 16 heteroatoms. The number of benzene rings is 2. The molecule has 2 aliphatic carbocycles. The largest absolute Gasteiger partial charge is 0.433 e. The van der Waals surface area contributed by atoms with Gasteiger partial charge < -0.3 is 20.6 Å². The van der Waals surface area contributed by atoms with Gasteiger partial charge in [-0.05, 0) is 139 Å². The average Bonchev–Trinajstić information content (AvgIpc) is 3.77. The lowest BCUT2D eigenvalue weighted by atomic mass is 9.57. The Bertz CT molecular complexity index is 2510. The van der Waals surface area contributed by atoms with Gasteiger partial charge in [-0.2, -0.15) is 13.2 Å². The molecule has 4 aromatic rings. The number of alkyl halides is 3. The topological polar surface area (TPSA) is 157 Å². The van der Waals surface area contributed by atoms with Crippen molar-refractivity contribution in [3.8, 4) is 0 Å². The van der Waals surface area contributed by atoms with Gasteiger partial charge in [0.25, 0.3) is 11.8 Å². The predicted octanol–water partition coefficient (Wildman–Crippen LogP) is 8.69. The van der Waals surface area contributed by atoms with Crippen LogP contribution >= 0.6 is 11.3 Å². The van der Waals surface area contributed by atoms with E-state index in [4.69, 9.17) is 4.98 Å². The Morgan fingerprint density at radius 1 is 0.969 bits per heavy atom. The van der Waals surface area contributed by atoms with Gasteiger partial charge in [-0.15, -0.1) is 11.3 Å². The zero-order chi connectivity index (χ0) is 45.1. The number of amides is 4. The second kappa shape index (κ2) is 17.0. The van der Waals surface area contributed by atoms with E-state index in [9.17, 15) is 37.5 Å². The zero-order valence-electron chi connectivity index (χ0n) is 36.2. The molecule has 4 amide bonds. The van der Waals surface area contributed by atoms with Gasteiger partial charge in [-0.1, -0.05) is 24.8 Å². The smallest absolute Gasteiger partial charge is 0.386 e. The minimum absolute atomic E-state index is 0.190. The fraction of sp³-hybridized carbons (Fsp3) is 0.500. The first-order valence-corrected chi connectivity index (χ1v) is 23.2.